The largest absolute Gasteiger partial charge is 0.367 e. The summed E-state index contributed by atoms with van der Waals surface area (Å²) < 4.78 is 0. The van der Waals surface area contributed by atoms with Crippen molar-refractivity contribution in [3.8, 4) is 0 Å². The molecule has 1 saturated carbocycles. The van der Waals surface area contributed by atoms with Crippen LogP contribution >= 0.6 is 0 Å². The first-order valence-corrected chi connectivity index (χ1v) is 5.87. The zero-order valence-corrected chi connectivity index (χ0v) is 9.83. The topological polar surface area (TPSA) is 24.9 Å². The van der Waals surface area contributed by atoms with Crippen LogP contribution in [0.4, 0.5) is 5.82 Å². The summed E-state index contributed by atoms with van der Waals surface area (Å²) in [4.78, 5) is 4.49. The highest BCUT2D eigenvalue weighted by Crippen LogP contribution is 2.32. The molecule has 2 heteroatoms. The number of aryl methyl sites for hydroxylation is 1. The lowest BCUT2D eigenvalue weighted by atomic mass is 9.98. The van der Waals surface area contributed by atoms with E-state index in [1.807, 2.05) is 13.0 Å². The molecule has 2 rings (SSSR count). The highest BCUT2D eigenvalue weighted by molar-refractivity contribution is 5.36. The Hall–Kier alpha value is -1.05. The van der Waals surface area contributed by atoms with Crippen molar-refractivity contribution in [2.24, 2.45) is 11.8 Å². The monoisotopic (exact) mass is 204 g/mol. The van der Waals surface area contributed by atoms with Crippen LogP contribution in [0.3, 0.4) is 0 Å². The molecule has 0 bridgehead atoms. The summed E-state index contributed by atoms with van der Waals surface area (Å²) in [5, 5.41) is 3.55. The van der Waals surface area contributed by atoms with Crippen molar-refractivity contribution in [3.05, 3.63) is 23.9 Å². The molecule has 1 aliphatic carbocycles. The molecule has 1 aromatic heterocycles. The predicted octanol–water partition coefficient (Wildman–Crippen LogP) is 3.24. The molecule has 3 unspecified atom stereocenters. The van der Waals surface area contributed by atoms with E-state index in [1.165, 1.54) is 12.8 Å². The van der Waals surface area contributed by atoms with Gasteiger partial charge in [0.2, 0.25) is 0 Å². The molecule has 0 aliphatic heterocycles. The van der Waals surface area contributed by atoms with Crippen LogP contribution in [0.15, 0.2) is 18.2 Å². The molecule has 1 fully saturated rings. The Balaban J connectivity index is 2.03. The van der Waals surface area contributed by atoms with Gasteiger partial charge in [0.1, 0.15) is 5.82 Å². The fraction of sp³-hybridized carbons (Fsp3) is 0.615. The first kappa shape index (κ1) is 10.5. The molecule has 0 radical (unpaired) electrons. The van der Waals surface area contributed by atoms with E-state index in [-0.39, 0.29) is 0 Å². The van der Waals surface area contributed by atoms with Crippen LogP contribution in [0, 0.1) is 18.8 Å². The minimum absolute atomic E-state index is 0.606. The Morgan fingerprint density at radius 3 is 2.67 bits per heavy atom. The Kier molecular flexibility index (Phi) is 2.94. The fourth-order valence-electron chi connectivity index (χ4n) is 2.38. The minimum atomic E-state index is 0.606. The summed E-state index contributed by atoms with van der Waals surface area (Å²) in [5.74, 6) is 2.63. The van der Waals surface area contributed by atoms with E-state index in [4.69, 9.17) is 0 Å². The van der Waals surface area contributed by atoms with Gasteiger partial charge in [0.05, 0.1) is 0 Å². The number of nitrogens with zero attached hydrogens (tertiary/aromatic N) is 1. The van der Waals surface area contributed by atoms with Crippen LogP contribution in [0.2, 0.25) is 0 Å². The van der Waals surface area contributed by atoms with Gasteiger partial charge in [0, 0.05) is 11.7 Å². The van der Waals surface area contributed by atoms with Crippen LogP contribution in [-0.4, -0.2) is 11.0 Å². The fourth-order valence-corrected chi connectivity index (χ4v) is 2.38. The number of nitrogens with one attached hydrogen (secondary N) is 1. The molecule has 82 valence electrons. The number of aromatic nitrogens is 1. The number of anilines is 1. The maximum absolute atomic E-state index is 4.49. The lowest BCUT2D eigenvalue weighted by molar-refractivity contribution is 0.435. The molecule has 0 aromatic carbocycles. The number of hydrogen-bond acceptors (Lipinski definition) is 2. The van der Waals surface area contributed by atoms with E-state index in [0.717, 1.165) is 23.3 Å². The van der Waals surface area contributed by atoms with E-state index in [0.29, 0.717) is 6.04 Å². The third-order valence-electron chi connectivity index (χ3n) is 3.69. The third kappa shape index (κ3) is 2.31. The summed E-state index contributed by atoms with van der Waals surface area (Å²) in [6.45, 7) is 6.72. The minimum Gasteiger partial charge on any atom is -0.367 e. The van der Waals surface area contributed by atoms with Gasteiger partial charge in [-0.15, -0.1) is 0 Å². The second kappa shape index (κ2) is 4.21. The van der Waals surface area contributed by atoms with Gasteiger partial charge in [-0.3, -0.25) is 0 Å². The highest BCUT2D eigenvalue weighted by atomic mass is 15.0. The molecule has 1 heterocycles. The van der Waals surface area contributed by atoms with Gasteiger partial charge >= 0.3 is 0 Å². The van der Waals surface area contributed by atoms with Crippen molar-refractivity contribution >= 4 is 5.82 Å². The molecule has 1 aromatic rings. The quantitative estimate of drug-likeness (QED) is 0.800. The molecule has 0 spiro atoms. The summed E-state index contributed by atoms with van der Waals surface area (Å²) in [6, 6.07) is 6.76. The normalized spacial score (nSPS) is 30.5. The summed E-state index contributed by atoms with van der Waals surface area (Å²) in [7, 11) is 0. The van der Waals surface area contributed by atoms with Gasteiger partial charge in [-0.05, 0) is 43.7 Å². The molecule has 0 amide bonds. The van der Waals surface area contributed by atoms with Crippen LogP contribution in [0.25, 0.3) is 0 Å². The SMILES string of the molecule is Cc1cccc(NC2CCC(C)C2C)n1. The Morgan fingerprint density at radius 2 is 2.07 bits per heavy atom. The van der Waals surface area contributed by atoms with Gasteiger partial charge in [-0.1, -0.05) is 19.9 Å². The Labute approximate surface area is 92.1 Å². The van der Waals surface area contributed by atoms with Crippen molar-refractivity contribution in [2.45, 2.75) is 39.7 Å². The van der Waals surface area contributed by atoms with Crippen LogP contribution in [0.5, 0.6) is 0 Å². The van der Waals surface area contributed by atoms with Gasteiger partial charge in [-0.25, -0.2) is 4.98 Å². The van der Waals surface area contributed by atoms with Crippen LogP contribution in [0.1, 0.15) is 32.4 Å². The number of pyridine rings is 1. The zero-order valence-electron chi connectivity index (χ0n) is 9.83. The molecule has 2 nitrogen and oxygen atoms in total. The summed E-state index contributed by atoms with van der Waals surface area (Å²) in [6.07, 6.45) is 2.61. The van der Waals surface area contributed by atoms with Crippen LogP contribution in [-0.2, 0) is 0 Å². The zero-order chi connectivity index (χ0) is 10.8. The Morgan fingerprint density at radius 1 is 1.27 bits per heavy atom. The van der Waals surface area contributed by atoms with Crippen molar-refractivity contribution in [1.82, 2.24) is 4.98 Å². The Bertz CT molecular complexity index is 335. The van der Waals surface area contributed by atoms with Gasteiger partial charge in [0.25, 0.3) is 0 Å². The smallest absolute Gasteiger partial charge is 0.126 e. The van der Waals surface area contributed by atoms with Crippen molar-refractivity contribution in [3.63, 3.8) is 0 Å². The van der Waals surface area contributed by atoms with E-state index in [2.05, 4.69) is 36.3 Å². The van der Waals surface area contributed by atoms with Gasteiger partial charge in [-0.2, -0.15) is 0 Å². The third-order valence-corrected chi connectivity index (χ3v) is 3.69. The second-order valence-electron chi connectivity index (χ2n) is 4.83. The first-order valence-electron chi connectivity index (χ1n) is 5.87. The van der Waals surface area contributed by atoms with E-state index < -0.39 is 0 Å². The predicted molar refractivity (Wildman–Crippen MR) is 63.9 cm³/mol. The molecular weight excluding hydrogens is 184 g/mol. The number of hydrogen-bond donors (Lipinski definition) is 1. The molecule has 0 saturated heterocycles. The summed E-state index contributed by atoms with van der Waals surface area (Å²) >= 11 is 0. The lowest BCUT2D eigenvalue weighted by Gasteiger charge is -2.20. The number of rotatable bonds is 2. The van der Waals surface area contributed by atoms with Gasteiger partial charge in [0.15, 0.2) is 0 Å². The maximum Gasteiger partial charge on any atom is 0.126 e. The van der Waals surface area contributed by atoms with Crippen molar-refractivity contribution in [1.29, 1.82) is 0 Å². The summed E-state index contributed by atoms with van der Waals surface area (Å²) in [5.41, 5.74) is 1.08. The molecule has 3 atom stereocenters. The van der Waals surface area contributed by atoms with Crippen LogP contribution < -0.4 is 5.32 Å². The lowest BCUT2D eigenvalue weighted by Crippen LogP contribution is -2.24. The molecular formula is C13H20N2. The van der Waals surface area contributed by atoms with Crippen molar-refractivity contribution in [2.75, 3.05) is 5.32 Å². The maximum atomic E-state index is 4.49. The molecule has 1 N–H and O–H groups in total. The van der Waals surface area contributed by atoms with E-state index in [9.17, 15) is 0 Å². The average Bonchev–Trinajstić information content (AvgIpc) is 2.50. The standard InChI is InChI=1S/C13H20N2/c1-9-7-8-12(11(9)3)15-13-6-4-5-10(2)14-13/h4-6,9,11-12H,7-8H2,1-3H3,(H,14,15). The van der Waals surface area contributed by atoms with Crippen molar-refractivity contribution < 1.29 is 0 Å². The van der Waals surface area contributed by atoms with E-state index in [1.54, 1.807) is 0 Å². The van der Waals surface area contributed by atoms with Gasteiger partial charge < -0.3 is 5.32 Å². The average molecular weight is 204 g/mol. The highest BCUT2D eigenvalue weighted by Gasteiger charge is 2.29. The first-order chi connectivity index (χ1) is 7.16. The second-order valence-corrected chi connectivity index (χ2v) is 4.83. The molecule has 1 aliphatic rings. The van der Waals surface area contributed by atoms with E-state index >= 15 is 0 Å². The molecule has 15 heavy (non-hydrogen) atoms.